The van der Waals surface area contributed by atoms with Crippen LogP contribution in [0.15, 0.2) is 16.6 Å². The lowest BCUT2D eigenvalue weighted by Gasteiger charge is -2.16. The number of carboxylic acid groups (broad SMARTS) is 1. The molecule has 7 heteroatoms. The number of aliphatic carboxylic acids is 1. The van der Waals surface area contributed by atoms with Gasteiger partial charge in [-0.3, -0.25) is 4.79 Å². The van der Waals surface area contributed by atoms with Crippen molar-refractivity contribution in [1.82, 2.24) is 0 Å². The van der Waals surface area contributed by atoms with E-state index < -0.39 is 34.9 Å². The van der Waals surface area contributed by atoms with Gasteiger partial charge in [0.15, 0.2) is 0 Å². The Hall–Kier alpha value is -1.24. The number of benzene rings is 1. The minimum absolute atomic E-state index is 0.0219. The van der Waals surface area contributed by atoms with Gasteiger partial charge in [-0.15, -0.1) is 0 Å². The number of alkyl halides is 3. The zero-order valence-corrected chi connectivity index (χ0v) is 10.1. The highest BCUT2D eigenvalue weighted by Crippen LogP contribution is 2.40. The van der Waals surface area contributed by atoms with E-state index >= 15 is 0 Å². The molecule has 0 aliphatic rings. The average Bonchev–Trinajstić information content (AvgIpc) is 2.18. The van der Waals surface area contributed by atoms with E-state index in [1.165, 1.54) is 0 Å². The van der Waals surface area contributed by atoms with Crippen molar-refractivity contribution >= 4 is 21.9 Å². The van der Waals surface area contributed by atoms with Gasteiger partial charge in [-0.2, -0.15) is 13.2 Å². The van der Waals surface area contributed by atoms with Crippen LogP contribution in [-0.4, -0.2) is 16.2 Å². The van der Waals surface area contributed by atoms with Gasteiger partial charge in [-0.25, -0.2) is 0 Å². The summed E-state index contributed by atoms with van der Waals surface area (Å²) in [6.45, 7) is 1.15. The van der Waals surface area contributed by atoms with Crippen molar-refractivity contribution < 1.29 is 28.2 Å². The molecule has 1 rings (SSSR count). The number of rotatable bonds is 2. The molecule has 1 aromatic rings. The Kier molecular flexibility index (Phi) is 3.71. The van der Waals surface area contributed by atoms with Gasteiger partial charge >= 0.3 is 12.1 Å². The van der Waals surface area contributed by atoms with Gasteiger partial charge < -0.3 is 10.2 Å². The Morgan fingerprint density at radius 2 is 1.94 bits per heavy atom. The third kappa shape index (κ3) is 2.91. The average molecular weight is 313 g/mol. The van der Waals surface area contributed by atoms with Crippen LogP contribution in [-0.2, 0) is 11.0 Å². The van der Waals surface area contributed by atoms with Gasteiger partial charge in [0.05, 0.1) is 16.0 Å². The Bertz CT molecular complexity index is 457. The summed E-state index contributed by atoms with van der Waals surface area (Å²) in [6.07, 6.45) is -4.71. The number of halogens is 4. The second kappa shape index (κ2) is 4.56. The predicted molar refractivity (Wildman–Crippen MR) is 56.9 cm³/mol. The number of phenols is 1. The summed E-state index contributed by atoms with van der Waals surface area (Å²) in [6, 6.07) is 1.48. The largest absolute Gasteiger partial charge is 0.507 e. The zero-order chi connectivity index (χ0) is 13.4. The second-order valence-corrected chi connectivity index (χ2v) is 4.30. The summed E-state index contributed by atoms with van der Waals surface area (Å²) in [7, 11) is 0. The number of hydrogen-bond donors (Lipinski definition) is 2. The Morgan fingerprint density at radius 1 is 1.41 bits per heavy atom. The maximum Gasteiger partial charge on any atom is 0.416 e. The van der Waals surface area contributed by atoms with Gasteiger partial charge in [0.2, 0.25) is 0 Å². The molecule has 0 bridgehead atoms. The highest BCUT2D eigenvalue weighted by Gasteiger charge is 2.36. The van der Waals surface area contributed by atoms with Crippen molar-refractivity contribution in [3.63, 3.8) is 0 Å². The molecule has 1 aromatic carbocycles. The lowest BCUT2D eigenvalue weighted by molar-refractivity contribution is -0.141. The quantitative estimate of drug-likeness (QED) is 0.880. The first-order valence-corrected chi connectivity index (χ1v) is 5.26. The topological polar surface area (TPSA) is 57.5 Å². The van der Waals surface area contributed by atoms with Crippen LogP contribution in [0.3, 0.4) is 0 Å². The predicted octanol–water partition coefficient (Wildman–Crippen LogP) is 3.36. The molecular weight excluding hydrogens is 305 g/mol. The van der Waals surface area contributed by atoms with Gasteiger partial charge in [-0.1, -0.05) is 0 Å². The third-order valence-electron chi connectivity index (χ3n) is 2.26. The molecule has 0 amide bonds. The first kappa shape index (κ1) is 13.8. The van der Waals surface area contributed by atoms with E-state index in [9.17, 15) is 23.1 Å². The SMILES string of the molecule is CC(C(=O)O)c1cc(Br)c(O)cc1C(F)(F)F. The molecule has 0 aromatic heterocycles. The summed E-state index contributed by atoms with van der Waals surface area (Å²) in [5.41, 5.74) is -1.54. The Balaban J connectivity index is 3.46. The van der Waals surface area contributed by atoms with Crippen LogP contribution in [0, 0.1) is 0 Å². The molecule has 0 radical (unpaired) electrons. The fraction of sp³-hybridized carbons (Fsp3) is 0.300. The van der Waals surface area contributed by atoms with E-state index in [2.05, 4.69) is 15.9 Å². The first-order valence-electron chi connectivity index (χ1n) is 4.47. The molecule has 0 saturated heterocycles. The van der Waals surface area contributed by atoms with Crippen molar-refractivity contribution in [1.29, 1.82) is 0 Å². The van der Waals surface area contributed by atoms with Crippen molar-refractivity contribution in [3.8, 4) is 5.75 Å². The van der Waals surface area contributed by atoms with Gasteiger partial charge in [0.1, 0.15) is 5.75 Å². The molecule has 17 heavy (non-hydrogen) atoms. The molecule has 0 spiro atoms. The highest BCUT2D eigenvalue weighted by molar-refractivity contribution is 9.10. The number of carbonyl (C=O) groups is 1. The minimum atomic E-state index is -4.71. The Morgan fingerprint density at radius 3 is 2.35 bits per heavy atom. The molecule has 3 nitrogen and oxygen atoms in total. The summed E-state index contributed by atoms with van der Waals surface area (Å²) in [5, 5.41) is 18.0. The van der Waals surface area contributed by atoms with Crippen molar-refractivity contribution in [3.05, 3.63) is 27.7 Å². The highest BCUT2D eigenvalue weighted by atomic mass is 79.9. The van der Waals surface area contributed by atoms with Crippen molar-refractivity contribution in [2.24, 2.45) is 0 Å². The van der Waals surface area contributed by atoms with E-state index in [4.69, 9.17) is 5.11 Å². The van der Waals surface area contributed by atoms with Crippen molar-refractivity contribution in [2.75, 3.05) is 0 Å². The number of carboxylic acids is 1. The molecule has 0 aliphatic heterocycles. The molecule has 1 atom stereocenters. The third-order valence-corrected chi connectivity index (χ3v) is 2.90. The van der Waals surface area contributed by atoms with Gasteiger partial charge in [0, 0.05) is 0 Å². The Labute approximate surface area is 103 Å². The summed E-state index contributed by atoms with van der Waals surface area (Å²) < 4.78 is 38.0. The molecule has 0 fully saturated rings. The zero-order valence-electron chi connectivity index (χ0n) is 8.55. The summed E-state index contributed by atoms with van der Waals surface area (Å²) >= 11 is 2.85. The molecule has 94 valence electrons. The molecular formula is C10H8BrF3O3. The maximum atomic E-state index is 12.7. The first-order chi connectivity index (χ1) is 7.64. The minimum Gasteiger partial charge on any atom is -0.507 e. The second-order valence-electron chi connectivity index (χ2n) is 3.45. The van der Waals surface area contributed by atoms with Crippen LogP contribution >= 0.6 is 15.9 Å². The smallest absolute Gasteiger partial charge is 0.416 e. The maximum absolute atomic E-state index is 12.7. The number of phenolic OH excluding ortho intramolecular Hbond substituents is 1. The van der Waals surface area contributed by atoms with Crippen LogP contribution in [0.5, 0.6) is 5.75 Å². The summed E-state index contributed by atoms with van der Waals surface area (Å²) in [5.74, 6) is -3.27. The molecule has 0 aliphatic carbocycles. The van der Waals surface area contributed by atoms with E-state index in [1.807, 2.05) is 0 Å². The van der Waals surface area contributed by atoms with Crippen LogP contribution < -0.4 is 0 Å². The molecule has 1 unspecified atom stereocenters. The lowest BCUT2D eigenvalue weighted by atomic mass is 9.95. The standard InChI is InChI=1S/C10H8BrF3O3/c1-4(9(16)17)5-2-7(11)8(15)3-6(5)10(12,13)14/h2-4,15H,1H3,(H,16,17). The van der Waals surface area contributed by atoms with Gasteiger partial charge in [-0.05, 0) is 40.5 Å². The number of hydrogen-bond acceptors (Lipinski definition) is 2. The lowest BCUT2D eigenvalue weighted by Crippen LogP contribution is -2.15. The monoisotopic (exact) mass is 312 g/mol. The van der Waals surface area contributed by atoms with E-state index in [0.717, 1.165) is 13.0 Å². The fourth-order valence-electron chi connectivity index (χ4n) is 1.31. The van der Waals surface area contributed by atoms with E-state index in [1.54, 1.807) is 0 Å². The van der Waals surface area contributed by atoms with Crippen LogP contribution in [0.2, 0.25) is 0 Å². The molecule has 0 heterocycles. The van der Waals surface area contributed by atoms with Gasteiger partial charge in [0.25, 0.3) is 0 Å². The van der Waals surface area contributed by atoms with E-state index in [-0.39, 0.29) is 4.47 Å². The van der Waals surface area contributed by atoms with Crippen LogP contribution in [0.4, 0.5) is 13.2 Å². The van der Waals surface area contributed by atoms with Crippen molar-refractivity contribution in [2.45, 2.75) is 19.0 Å². The molecule has 0 saturated carbocycles. The number of aromatic hydroxyl groups is 1. The van der Waals surface area contributed by atoms with Crippen LogP contribution in [0.25, 0.3) is 0 Å². The summed E-state index contributed by atoms with van der Waals surface area (Å²) in [4.78, 5) is 10.7. The molecule has 2 N–H and O–H groups in total. The normalized spacial score (nSPS) is 13.5. The van der Waals surface area contributed by atoms with Crippen LogP contribution in [0.1, 0.15) is 24.0 Å². The van der Waals surface area contributed by atoms with E-state index in [0.29, 0.717) is 6.07 Å². The fourth-order valence-corrected chi connectivity index (χ4v) is 1.68.